The van der Waals surface area contributed by atoms with Crippen molar-refractivity contribution >= 4 is 22.4 Å². The molecule has 0 bridgehead atoms. The second-order valence-corrected chi connectivity index (χ2v) is 6.95. The van der Waals surface area contributed by atoms with Crippen LogP contribution in [-0.4, -0.2) is 27.4 Å². The molecule has 3 aromatic rings. The smallest absolute Gasteiger partial charge is 0.251 e. The van der Waals surface area contributed by atoms with Crippen LogP contribution in [0.3, 0.4) is 0 Å². The second kappa shape index (κ2) is 8.05. The number of benzene rings is 1. The third kappa shape index (κ3) is 4.43. The quantitative estimate of drug-likeness (QED) is 0.653. The van der Waals surface area contributed by atoms with Gasteiger partial charge in [-0.2, -0.15) is 0 Å². The SMILES string of the molecule is Cc1cnc(C)c(-c2ccc(C(=O)NCCCc3csc(N)n3)cc2)n1. The van der Waals surface area contributed by atoms with E-state index in [0.29, 0.717) is 17.2 Å². The fourth-order valence-corrected chi connectivity index (χ4v) is 3.20. The van der Waals surface area contributed by atoms with Gasteiger partial charge in [-0.3, -0.25) is 9.78 Å². The number of nitrogens with one attached hydrogen (secondary N) is 1. The molecule has 3 N–H and O–H groups in total. The molecule has 134 valence electrons. The summed E-state index contributed by atoms with van der Waals surface area (Å²) in [7, 11) is 0. The maximum absolute atomic E-state index is 12.3. The molecule has 3 rings (SSSR count). The summed E-state index contributed by atoms with van der Waals surface area (Å²) >= 11 is 1.44. The maximum Gasteiger partial charge on any atom is 0.251 e. The first-order chi connectivity index (χ1) is 12.5. The largest absolute Gasteiger partial charge is 0.375 e. The first kappa shape index (κ1) is 18.0. The number of nitrogens with zero attached hydrogens (tertiary/aromatic N) is 3. The third-order valence-corrected chi connectivity index (χ3v) is 4.68. The topological polar surface area (TPSA) is 93.8 Å². The lowest BCUT2D eigenvalue weighted by Crippen LogP contribution is -2.24. The summed E-state index contributed by atoms with van der Waals surface area (Å²) in [6.45, 7) is 4.44. The number of amides is 1. The Morgan fingerprint density at radius 1 is 1.19 bits per heavy atom. The minimum Gasteiger partial charge on any atom is -0.375 e. The summed E-state index contributed by atoms with van der Waals surface area (Å²) in [6, 6.07) is 7.44. The van der Waals surface area contributed by atoms with Crippen molar-refractivity contribution in [1.82, 2.24) is 20.3 Å². The lowest BCUT2D eigenvalue weighted by atomic mass is 10.1. The number of nitrogen functional groups attached to an aromatic ring is 1. The number of hydrogen-bond donors (Lipinski definition) is 2. The number of carbonyl (C=O) groups is 1. The van der Waals surface area contributed by atoms with Gasteiger partial charge in [0.05, 0.1) is 22.8 Å². The van der Waals surface area contributed by atoms with E-state index in [1.165, 1.54) is 11.3 Å². The number of carbonyl (C=O) groups excluding carboxylic acids is 1. The van der Waals surface area contributed by atoms with E-state index in [1.807, 2.05) is 43.5 Å². The molecule has 0 unspecified atom stereocenters. The fourth-order valence-electron chi connectivity index (χ4n) is 2.60. The molecule has 0 fully saturated rings. The molecule has 1 amide bonds. The van der Waals surface area contributed by atoms with Crippen LogP contribution in [0.1, 0.15) is 33.9 Å². The van der Waals surface area contributed by atoms with Gasteiger partial charge >= 0.3 is 0 Å². The first-order valence-corrected chi connectivity index (χ1v) is 9.29. The van der Waals surface area contributed by atoms with Crippen LogP contribution in [0, 0.1) is 13.8 Å². The van der Waals surface area contributed by atoms with E-state index in [2.05, 4.69) is 20.3 Å². The van der Waals surface area contributed by atoms with Crippen molar-refractivity contribution in [2.75, 3.05) is 12.3 Å². The van der Waals surface area contributed by atoms with E-state index in [9.17, 15) is 4.79 Å². The van der Waals surface area contributed by atoms with Crippen LogP contribution in [0.25, 0.3) is 11.3 Å². The monoisotopic (exact) mass is 367 g/mol. The summed E-state index contributed by atoms with van der Waals surface area (Å²) in [5.74, 6) is -0.0820. The van der Waals surface area contributed by atoms with E-state index in [-0.39, 0.29) is 5.91 Å². The Kier molecular flexibility index (Phi) is 5.58. The molecule has 1 aromatic carbocycles. The molecule has 0 aliphatic carbocycles. The molecule has 0 aliphatic rings. The van der Waals surface area contributed by atoms with Gasteiger partial charge in [-0.05, 0) is 38.8 Å². The van der Waals surface area contributed by atoms with Crippen LogP contribution >= 0.6 is 11.3 Å². The van der Waals surface area contributed by atoms with Gasteiger partial charge < -0.3 is 11.1 Å². The number of thiazole rings is 1. The standard InChI is InChI=1S/C19H21N5OS/c1-12-10-22-13(2)17(23-12)14-5-7-15(8-6-14)18(25)21-9-3-4-16-11-26-19(20)24-16/h5-8,10-11H,3-4,9H2,1-2H3,(H2,20,24)(H,21,25). The highest BCUT2D eigenvalue weighted by atomic mass is 32.1. The Morgan fingerprint density at radius 3 is 2.65 bits per heavy atom. The zero-order valence-electron chi connectivity index (χ0n) is 14.8. The molecule has 0 spiro atoms. The van der Waals surface area contributed by atoms with Gasteiger partial charge in [0, 0.05) is 29.2 Å². The van der Waals surface area contributed by atoms with Crippen LogP contribution in [0.15, 0.2) is 35.8 Å². The van der Waals surface area contributed by atoms with Gasteiger partial charge in [0.15, 0.2) is 5.13 Å². The highest BCUT2D eigenvalue weighted by Gasteiger charge is 2.09. The average molecular weight is 367 g/mol. The van der Waals surface area contributed by atoms with Gasteiger partial charge in [-0.25, -0.2) is 9.97 Å². The number of hydrogen-bond acceptors (Lipinski definition) is 6. The Labute approximate surface area is 156 Å². The van der Waals surface area contributed by atoms with Crippen molar-refractivity contribution < 1.29 is 4.79 Å². The van der Waals surface area contributed by atoms with E-state index < -0.39 is 0 Å². The Bertz CT molecular complexity index is 905. The number of rotatable bonds is 6. The molecule has 0 radical (unpaired) electrons. The van der Waals surface area contributed by atoms with Gasteiger partial charge in [0.2, 0.25) is 0 Å². The van der Waals surface area contributed by atoms with Crippen molar-refractivity contribution in [3.8, 4) is 11.3 Å². The molecule has 6 nitrogen and oxygen atoms in total. The number of aromatic nitrogens is 3. The van der Waals surface area contributed by atoms with Crippen molar-refractivity contribution in [1.29, 1.82) is 0 Å². The molecule has 0 saturated heterocycles. The lowest BCUT2D eigenvalue weighted by molar-refractivity contribution is 0.0953. The first-order valence-electron chi connectivity index (χ1n) is 8.41. The van der Waals surface area contributed by atoms with Crippen LogP contribution in [-0.2, 0) is 6.42 Å². The molecule has 7 heteroatoms. The third-order valence-electron chi connectivity index (χ3n) is 3.96. The van der Waals surface area contributed by atoms with Crippen LogP contribution < -0.4 is 11.1 Å². The van der Waals surface area contributed by atoms with E-state index in [0.717, 1.165) is 41.2 Å². The maximum atomic E-state index is 12.3. The normalized spacial score (nSPS) is 10.7. The van der Waals surface area contributed by atoms with E-state index >= 15 is 0 Å². The summed E-state index contributed by atoms with van der Waals surface area (Å²) < 4.78 is 0. The van der Waals surface area contributed by atoms with Gasteiger partial charge in [0.25, 0.3) is 5.91 Å². The van der Waals surface area contributed by atoms with Crippen molar-refractivity contribution in [3.05, 3.63) is 58.5 Å². The van der Waals surface area contributed by atoms with Crippen molar-refractivity contribution in [2.24, 2.45) is 0 Å². The Morgan fingerprint density at radius 2 is 1.96 bits per heavy atom. The number of nitrogens with two attached hydrogens (primary N) is 1. The minimum absolute atomic E-state index is 0.0820. The summed E-state index contributed by atoms with van der Waals surface area (Å²) in [5, 5.41) is 5.46. The van der Waals surface area contributed by atoms with Crippen LogP contribution in [0.5, 0.6) is 0 Å². The Hall–Kier alpha value is -2.80. The minimum atomic E-state index is -0.0820. The van der Waals surface area contributed by atoms with Gasteiger partial charge in [-0.15, -0.1) is 11.3 Å². The van der Waals surface area contributed by atoms with Crippen molar-refractivity contribution in [2.45, 2.75) is 26.7 Å². The van der Waals surface area contributed by atoms with E-state index in [4.69, 9.17) is 5.73 Å². The molecule has 2 heterocycles. The average Bonchev–Trinajstić information content (AvgIpc) is 3.06. The molecular formula is C19H21N5OS. The molecule has 2 aromatic heterocycles. The molecule has 0 atom stereocenters. The number of anilines is 1. The molecule has 0 saturated carbocycles. The second-order valence-electron chi connectivity index (χ2n) is 6.06. The van der Waals surface area contributed by atoms with Crippen LogP contribution in [0.4, 0.5) is 5.13 Å². The Balaban J connectivity index is 1.56. The highest BCUT2D eigenvalue weighted by molar-refractivity contribution is 7.13. The van der Waals surface area contributed by atoms with Gasteiger partial charge in [-0.1, -0.05) is 12.1 Å². The van der Waals surface area contributed by atoms with Gasteiger partial charge in [0.1, 0.15) is 0 Å². The lowest BCUT2D eigenvalue weighted by Gasteiger charge is -2.08. The van der Waals surface area contributed by atoms with Crippen molar-refractivity contribution in [3.63, 3.8) is 0 Å². The zero-order valence-corrected chi connectivity index (χ0v) is 15.6. The highest BCUT2D eigenvalue weighted by Crippen LogP contribution is 2.20. The molecule has 0 aliphatic heterocycles. The predicted octanol–water partition coefficient (Wildman–Crippen LogP) is 3.16. The van der Waals surface area contributed by atoms with Crippen LogP contribution in [0.2, 0.25) is 0 Å². The summed E-state index contributed by atoms with van der Waals surface area (Å²) in [4.78, 5) is 25.3. The zero-order chi connectivity index (χ0) is 18.5. The summed E-state index contributed by atoms with van der Waals surface area (Å²) in [6.07, 6.45) is 3.38. The van der Waals surface area contributed by atoms with E-state index in [1.54, 1.807) is 6.20 Å². The fraction of sp³-hybridized carbons (Fsp3) is 0.263. The molecule has 26 heavy (non-hydrogen) atoms. The molecular weight excluding hydrogens is 346 g/mol. The predicted molar refractivity (Wildman–Crippen MR) is 104 cm³/mol. The summed E-state index contributed by atoms with van der Waals surface area (Å²) in [5.41, 5.74) is 10.8. The number of aryl methyl sites for hydroxylation is 3.